The fourth-order valence-electron chi connectivity index (χ4n) is 3.36. The minimum atomic E-state index is 0.227. The van der Waals surface area contributed by atoms with Gasteiger partial charge >= 0.3 is 0 Å². The molecule has 1 fully saturated rings. The van der Waals surface area contributed by atoms with Gasteiger partial charge in [0.15, 0.2) is 5.76 Å². The molecule has 0 aromatic carbocycles. The molecule has 0 N–H and O–H groups in total. The van der Waals surface area contributed by atoms with Gasteiger partial charge in [-0.25, -0.2) is 0 Å². The van der Waals surface area contributed by atoms with E-state index in [0.29, 0.717) is 29.2 Å². The van der Waals surface area contributed by atoms with Gasteiger partial charge in [-0.3, -0.25) is 9.58 Å². The molecule has 4 heterocycles. The van der Waals surface area contributed by atoms with Gasteiger partial charge < -0.3 is 8.83 Å². The van der Waals surface area contributed by atoms with Gasteiger partial charge in [-0.1, -0.05) is 11.6 Å². The smallest absolute Gasteiger partial charge is 0.283 e. The van der Waals surface area contributed by atoms with Crippen LogP contribution in [0.1, 0.15) is 36.0 Å². The van der Waals surface area contributed by atoms with Crippen molar-refractivity contribution in [2.45, 2.75) is 32.4 Å². The van der Waals surface area contributed by atoms with Gasteiger partial charge in [-0.2, -0.15) is 5.10 Å². The molecule has 0 saturated carbocycles. The lowest BCUT2D eigenvalue weighted by molar-refractivity contribution is 0.223. The number of aryl methyl sites for hydroxylation is 2. The fourth-order valence-corrected chi connectivity index (χ4v) is 3.66. The van der Waals surface area contributed by atoms with Gasteiger partial charge in [0.1, 0.15) is 5.15 Å². The largest absolute Gasteiger partial charge is 0.459 e. The molecule has 7 nitrogen and oxygen atoms in total. The fraction of sp³-hybridized carbons (Fsp3) is 0.438. The number of furan rings is 1. The summed E-state index contributed by atoms with van der Waals surface area (Å²) in [7, 11) is 1.87. The highest BCUT2D eigenvalue weighted by Gasteiger charge is 2.32. The van der Waals surface area contributed by atoms with Crippen LogP contribution < -0.4 is 0 Å². The van der Waals surface area contributed by atoms with Crippen LogP contribution in [-0.2, 0) is 13.6 Å². The molecule has 3 aromatic heterocycles. The third-order valence-corrected chi connectivity index (χ3v) is 4.88. The van der Waals surface area contributed by atoms with E-state index < -0.39 is 0 Å². The molecule has 0 spiro atoms. The van der Waals surface area contributed by atoms with Crippen LogP contribution in [0.3, 0.4) is 0 Å². The normalized spacial score (nSPS) is 18.5. The average Bonchev–Trinajstić information content (AvgIpc) is 3.30. The van der Waals surface area contributed by atoms with Gasteiger partial charge in [-0.15, -0.1) is 10.2 Å². The third kappa shape index (κ3) is 2.63. The van der Waals surface area contributed by atoms with Crippen molar-refractivity contribution in [1.29, 1.82) is 0 Å². The molecule has 0 unspecified atom stereocenters. The summed E-state index contributed by atoms with van der Waals surface area (Å²) < 4.78 is 12.7. The van der Waals surface area contributed by atoms with Crippen molar-refractivity contribution in [2.24, 2.45) is 7.05 Å². The zero-order valence-electron chi connectivity index (χ0n) is 13.6. The summed E-state index contributed by atoms with van der Waals surface area (Å²) in [6, 6.07) is 3.82. The second kappa shape index (κ2) is 6.07. The predicted molar refractivity (Wildman–Crippen MR) is 87.3 cm³/mol. The summed E-state index contributed by atoms with van der Waals surface area (Å²) in [5, 5.41) is 13.3. The van der Waals surface area contributed by atoms with Crippen molar-refractivity contribution in [3.63, 3.8) is 0 Å². The van der Waals surface area contributed by atoms with Crippen molar-refractivity contribution in [2.75, 3.05) is 6.54 Å². The Morgan fingerprint density at radius 2 is 2.25 bits per heavy atom. The number of halogens is 1. The first-order valence-corrected chi connectivity index (χ1v) is 8.30. The van der Waals surface area contributed by atoms with E-state index in [0.717, 1.165) is 30.6 Å². The van der Waals surface area contributed by atoms with Crippen LogP contribution in [0.5, 0.6) is 0 Å². The second-order valence-corrected chi connectivity index (χ2v) is 6.38. The van der Waals surface area contributed by atoms with Crippen LogP contribution in [0.15, 0.2) is 27.2 Å². The maximum Gasteiger partial charge on any atom is 0.283 e. The quantitative estimate of drug-likeness (QED) is 0.720. The minimum absolute atomic E-state index is 0.227. The maximum absolute atomic E-state index is 6.44. The molecule has 126 valence electrons. The Kier molecular flexibility index (Phi) is 3.90. The number of nitrogens with zero attached hydrogens (tertiary/aromatic N) is 5. The lowest BCUT2D eigenvalue weighted by Gasteiger charge is -2.22. The summed E-state index contributed by atoms with van der Waals surface area (Å²) in [6.45, 7) is 3.55. The van der Waals surface area contributed by atoms with E-state index in [-0.39, 0.29) is 6.04 Å². The zero-order chi connectivity index (χ0) is 16.7. The molecule has 0 amide bonds. The van der Waals surface area contributed by atoms with E-state index in [4.69, 9.17) is 20.4 Å². The maximum atomic E-state index is 6.44. The van der Waals surface area contributed by atoms with Crippen LogP contribution in [0.4, 0.5) is 0 Å². The molecule has 1 saturated heterocycles. The van der Waals surface area contributed by atoms with Crippen LogP contribution in [0.25, 0.3) is 11.7 Å². The van der Waals surface area contributed by atoms with Crippen molar-refractivity contribution in [1.82, 2.24) is 24.9 Å². The SMILES string of the molecule is Cc1nn(C)c(Cl)c1[C@H]1CCCN1Cc1nnc(-c2ccco2)o1. The summed E-state index contributed by atoms with van der Waals surface area (Å²) >= 11 is 6.44. The number of rotatable bonds is 4. The topological polar surface area (TPSA) is 73.1 Å². The molecule has 3 aromatic rings. The number of hydrogen-bond donors (Lipinski definition) is 0. The monoisotopic (exact) mass is 347 g/mol. The highest BCUT2D eigenvalue weighted by atomic mass is 35.5. The number of likely N-dealkylation sites (tertiary alicyclic amines) is 1. The number of hydrogen-bond acceptors (Lipinski definition) is 6. The van der Waals surface area contributed by atoms with Gasteiger partial charge in [0.05, 0.1) is 18.5 Å². The molecule has 4 rings (SSSR count). The van der Waals surface area contributed by atoms with Crippen molar-refractivity contribution in [3.8, 4) is 11.7 Å². The first kappa shape index (κ1) is 15.4. The van der Waals surface area contributed by atoms with Crippen molar-refractivity contribution in [3.05, 3.63) is 40.7 Å². The van der Waals surface area contributed by atoms with E-state index in [2.05, 4.69) is 20.2 Å². The highest BCUT2D eigenvalue weighted by molar-refractivity contribution is 6.30. The molecule has 24 heavy (non-hydrogen) atoms. The molecule has 8 heteroatoms. The van der Waals surface area contributed by atoms with E-state index in [1.165, 1.54) is 0 Å². The first-order chi connectivity index (χ1) is 11.6. The van der Waals surface area contributed by atoms with Gasteiger partial charge in [0.25, 0.3) is 5.89 Å². The van der Waals surface area contributed by atoms with Crippen LogP contribution >= 0.6 is 11.6 Å². The zero-order valence-corrected chi connectivity index (χ0v) is 14.3. The predicted octanol–water partition coefficient (Wildman–Crippen LogP) is 3.36. The van der Waals surface area contributed by atoms with Crippen molar-refractivity contribution < 1.29 is 8.83 Å². The molecule has 0 bridgehead atoms. The molecule has 1 aliphatic heterocycles. The van der Waals surface area contributed by atoms with E-state index in [1.54, 1.807) is 23.1 Å². The Bertz CT molecular complexity index is 839. The Morgan fingerprint density at radius 1 is 1.38 bits per heavy atom. The lowest BCUT2D eigenvalue weighted by Crippen LogP contribution is -2.23. The first-order valence-electron chi connectivity index (χ1n) is 7.93. The molecule has 0 radical (unpaired) electrons. The molecular weight excluding hydrogens is 330 g/mol. The molecule has 0 aliphatic carbocycles. The lowest BCUT2D eigenvalue weighted by atomic mass is 10.1. The van der Waals surface area contributed by atoms with Gasteiger partial charge in [0.2, 0.25) is 5.89 Å². The van der Waals surface area contributed by atoms with Gasteiger partial charge in [-0.05, 0) is 38.4 Å². The van der Waals surface area contributed by atoms with Crippen LogP contribution in [0.2, 0.25) is 5.15 Å². The summed E-state index contributed by atoms with van der Waals surface area (Å²) in [4.78, 5) is 2.31. The second-order valence-electron chi connectivity index (χ2n) is 6.02. The summed E-state index contributed by atoms with van der Waals surface area (Å²) in [5.74, 6) is 1.56. The summed E-state index contributed by atoms with van der Waals surface area (Å²) in [5.41, 5.74) is 2.07. The number of aromatic nitrogens is 4. The average molecular weight is 348 g/mol. The minimum Gasteiger partial charge on any atom is -0.459 e. The molecule has 1 atom stereocenters. The molecule has 1 aliphatic rings. The van der Waals surface area contributed by atoms with Gasteiger partial charge in [0, 0.05) is 18.7 Å². The Hall–Kier alpha value is -2.12. The van der Waals surface area contributed by atoms with Crippen LogP contribution in [-0.4, -0.2) is 31.4 Å². The third-order valence-electron chi connectivity index (χ3n) is 4.43. The Morgan fingerprint density at radius 3 is 2.96 bits per heavy atom. The highest BCUT2D eigenvalue weighted by Crippen LogP contribution is 2.38. The Balaban J connectivity index is 1.56. The standard InChI is InChI=1S/C16H18ClN5O2/c1-10-14(15(17)21(2)20-10)11-5-3-7-22(11)9-13-18-19-16(24-13)12-6-4-8-23-12/h4,6,8,11H,3,5,7,9H2,1-2H3/t11-/m1/s1. The summed E-state index contributed by atoms with van der Waals surface area (Å²) in [6.07, 6.45) is 3.74. The van der Waals surface area contributed by atoms with Crippen molar-refractivity contribution >= 4 is 11.6 Å². The van der Waals surface area contributed by atoms with E-state index in [9.17, 15) is 0 Å². The van der Waals surface area contributed by atoms with Crippen LogP contribution in [0, 0.1) is 6.92 Å². The molecular formula is C16H18ClN5O2. The Labute approximate surface area is 144 Å². The van der Waals surface area contributed by atoms with E-state index >= 15 is 0 Å². The van der Waals surface area contributed by atoms with E-state index in [1.807, 2.05) is 14.0 Å².